The largest absolute Gasteiger partial charge is 0.497 e. The topological polar surface area (TPSA) is 77.4 Å². The molecule has 6 nitrogen and oxygen atoms in total. The number of hydrogen-bond donors (Lipinski definition) is 2. The number of amides is 1. The van der Waals surface area contributed by atoms with E-state index < -0.39 is 5.91 Å². The van der Waals surface area contributed by atoms with Crippen LogP contribution in [0.3, 0.4) is 0 Å². The number of ether oxygens (including phenoxy) is 1. The number of nitrogens with one attached hydrogen (secondary N) is 2. The van der Waals surface area contributed by atoms with E-state index in [4.69, 9.17) is 4.74 Å². The zero-order valence-corrected chi connectivity index (χ0v) is 14.4. The summed E-state index contributed by atoms with van der Waals surface area (Å²) in [5, 5.41) is 14.8. The first kappa shape index (κ1) is 17.9. The molecule has 0 atom stereocenters. The molecule has 0 unspecified atom stereocenters. The summed E-state index contributed by atoms with van der Waals surface area (Å²) in [5.74, 6) is 0.210. The number of nitriles is 1. The molecule has 0 radical (unpaired) electrons. The average Bonchev–Trinajstić information content (AvgIpc) is 2.63. The lowest BCUT2D eigenvalue weighted by molar-refractivity contribution is -0.112. The Bertz CT molecular complexity index is 788. The fourth-order valence-electron chi connectivity index (χ4n) is 2.03. The SMILES string of the molecule is COc1ccc(NC(=O)/C(C#N)=C\Nc2ccc(N(C)C)cc2)cc1. The summed E-state index contributed by atoms with van der Waals surface area (Å²) in [6.07, 6.45) is 1.39. The number of carbonyl (C=O) groups is 1. The van der Waals surface area contributed by atoms with Crippen molar-refractivity contribution < 1.29 is 9.53 Å². The fourth-order valence-corrected chi connectivity index (χ4v) is 2.03. The first-order chi connectivity index (χ1) is 12.0. The molecule has 2 rings (SSSR count). The van der Waals surface area contributed by atoms with E-state index in [9.17, 15) is 10.1 Å². The van der Waals surface area contributed by atoms with E-state index in [1.54, 1.807) is 31.4 Å². The number of methoxy groups -OCH3 is 1. The summed E-state index contributed by atoms with van der Waals surface area (Å²) >= 11 is 0. The standard InChI is InChI=1S/C19H20N4O2/c1-23(2)17-8-4-15(5-9-17)21-13-14(12-20)19(24)22-16-6-10-18(25-3)11-7-16/h4-11,13,21H,1-3H3,(H,22,24)/b14-13-. The van der Waals surface area contributed by atoms with E-state index in [1.165, 1.54) is 6.20 Å². The second kappa shape index (κ2) is 8.41. The van der Waals surface area contributed by atoms with Crippen LogP contribution in [0.2, 0.25) is 0 Å². The highest BCUT2D eigenvalue weighted by Gasteiger charge is 2.09. The maximum atomic E-state index is 12.2. The maximum absolute atomic E-state index is 12.2. The molecule has 0 saturated heterocycles. The molecule has 128 valence electrons. The van der Waals surface area contributed by atoms with Crippen molar-refractivity contribution in [3.8, 4) is 11.8 Å². The van der Waals surface area contributed by atoms with Crippen molar-refractivity contribution in [3.05, 3.63) is 60.3 Å². The number of nitrogens with zero attached hydrogens (tertiary/aromatic N) is 2. The average molecular weight is 336 g/mol. The van der Waals surface area contributed by atoms with Crippen LogP contribution in [0.25, 0.3) is 0 Å². The van der Waals surface area contributed by atoms with Gasteiger partial charge in [-0.1, -0.05) is 0 Å². The lowest BCUT2D eigenvalue weighted by atomic mass is 10.2. The van der Waals surface area contributed by atoms with Crippen LogP contribution in [0.1, 0.15) is 0 Å². The van der Waals surface area contributed by atoms with Gasteiger partial charge in [0.2, 0.25) is 0 Å². The monoisotopic (exact) mass is 336 g/mol. The van der Waals surface area contributed by atoms with Crippen LogP contribution in [-0.2, 0) is 4.79 Å². The van der Waals surface area contributed by atoms with Gasteiger partial charge in [-0.05, 0) is 48.5 Å². The van der Waals surface area contributed by atoms with Gasteiger partial charge in [0.25, 0.3) is 5.91 Å². The highest BCUT2D eigenvalue weighted by atomic mass is 16.5. The molecule has 0 heterocycles. The van der Waals surface area contributed by atoms with Gasteiger partial charge in [0.1, 0.15) is 17.4 Å². The number of rotatable bonds is 6. The van der Waals surface area contributed by atoms with Crippen LogP contribution < -0.4 is 20.3 Å². The van der Waals surface area contributed by atoms with E-state index >= 15 is 0 Å². The van der Waals surface area contributed by atoms with Crippen molar-refractivity contribution in [1.82, 2.24) is 0 Å². The summed E-state index contributed by atoms with van der Waals surface area (Å²) in [4.78, 5) is 14.2. The Morgan fingerprint density at radius 2 is 1.68 bits per heavy atom. The molecule has 0 saturated carbocycles. The Labute approximate surface area is 147 Å². The van der Waals surface area contributed by atoms with E-state index in [-0.39, 0.29) is 5.57 Å². The van der Waals surface area contributed by atoms with E-state index in [2.05, 4.69) is 10.6 Å². The number of hydrogen-bond acceptors (Lipinski definition) is 5. The van der Waals surface area contributed by atoms with Crippen molar-refractivity contribution in [1.29, 1.82) is 5.26 Å². The third-order valence-corrected chi connectivity index (χ3v) is 3.48. The molecule has 0 bridgehead atoms. The van der Waals surface area contributed by atoms with E-state index in [0.29, 0.717) is 11.4 Å². The van der Waals surface area contributed by atoms with Gasteiger partial charge in [0, 0.05) is 37.4 Å². The van der Waals surface area contributed by atoms with Crippen LogP contribution in [-0.4, -0.2) is 27.1 Å². The Morgan fingerprint density at radius 3 is 2.20 bits per heavy atom. The van der Waals surface area contributed by atoms with Gasteiger partial charge in [-0.15, -0.1) is 0 Å². The van der Waals surface area contributed by atoms with Crippen molar-refractivity contribution in [2.75, 3.05) is 36.7 Å². The molecule has 0 aliphatic heterocycles. The lowest BCUT2D eigenvalue weighted by Gasteiger charge is -2.12. The van der Waals surface area contributed by atoms with E-state index in [0.717, 1.165) is 11.4 Å². The Kier molecular flexibility index (Phi) is 6.02. The first-order valence-corrected chi connectivity index (χ1v) is 7.63. The molecule has 2 aromatic carbocycles. The van der Waals surface area contributed by atoms with Gasteiger partial charge in [-0.25, -0.2) is 0 Å². The maximum Gasteiger partial charge on any atom is 0.267 e. The molecule has 2 N–H and O–H groups in total. The Balaban J connectivity index is 2.03. The van der Waals surface area contributed by atoms with Gasteiger partial charge in [0.05, 0.1) is 7.11 Å². The van der Waals surface area contributed by atoms with Crippen LogP contribution in [0.5, 0.6) is 5.75 Å². The summed E-state index contributed by atoms with van der Waals surface area (Å²) in [6, 6.07) is 16.4. The van der Waals surface area contributed by atoms with Crippen LogP contribution >= 0.6 is 0 Å². The summed E-state index contributed by atoms with van der Waals surface area (Å²) in [6.45, 7) is 0. The normalized spacial score (nSPS) is 10.6. The molecule has 6 heteroatoms. The van der Waals surface area contributed by atoms with Gasteiger partial charge >= 0.3 is 0 Å². The van der Waals surface area contributed by atoms with Crippen molar-refractivity contribution in [2.24, 2.45) is 0 Å². The second-order valence-electron chi connectivity index (χ2n) is 5.44. The Morgan fingerprint density at radius 1 is 1.08 bits per heavy atom. The zero-order chi connectivity index (χ0) is 18.2. The van der Waals surface area contributed by atoms with Crippen molar-refractivity contribution in [2.45, 2.75) is 0 Å². The Hall–Kier alpha value is -3.46. The quantitative estimate of drug-likeness (QED) is 0.625. The first-order valence-electron chi connectivity index (χ1n) is 7.63. The zero-order valence-electron chi connectivity index (χ0n) is 14.4. The van der Waals surface area contributed by atoms with Crippen molar-refractivity contribution in [3.63, 3.8) is 0 Å². The van der Waals surface area contributed by atoms with Gasteiger partial charge < -0.3 is 20.3 Å². The van der Waals surface area contributed by atoms with Crippen molar-refractivity contribution >= 4 is 23.0 Å². The molecule has 0 fully saturated rings. The van der Waals surface area contributed by atoms with Gasteiger partial charge in [-0.2, -0.15) is 5.26 Å². The van der Waals surface area contributed by atoms with Crippen LogP contribution in [0.4, 0.5) is 17.1 Å². The van der Waals surface area contributed by atoms with Crippen LogP contribution in [0.15, 0.2) is 60.3 Å². The minimum absolute atomic E-state index is 0.0208. The molecule has 1 amide bonds. The molecule has 0 aromatic heterocycles. The lowest BCUT2D eigenvalue weighted by Crippen LogP contribution is -2.14. The predicted octanol–water partition coefficient (Wildman–Crippen LogP) is 3.22. The fraction of sp³-hybridized carbons (Fsp3) is 0.158. The molecular formula is C19H20N4O2. The number of benzene rings is 2. The van der Waals surface area contributed by atoms with E-state index in [1.807, 2.05) is 49.3 Å². The molecule has 0 aliphatic carbocycles. The molecule has 2 aromatic rings. The highest BCUT2D eigenvalue weighted by Crippen LogP contribution is 2.17. The second-order valence-corrected chi connectivity index (χ2v) is 5.44. The number of anilines is 3. The highest BCUT2D eigenvalue weighted by molar-refractivity contribution is 6.06. The third-order valence-electron chi connectivity index (χ3n) is 3.48. The summed E-state index contributed by atoms with van der Waals surface area (Å²) < 4.78 is 5.06. The number of carbonyl (C=O) groups excluding carboxylic acids is 1. The van der Waals surface area contributed by atoms with Crippen LogP contribution in [0, 0.1) is 11.3 Å². The minimum Gasteiger partial charge on any atom is -0.497 e. The molecular weight excluding hydrogens is 316 g/mol. The molecule has 0 spiro atoms. The minimum atomic E-state index is -0.481. The molecule has 0 aliphatic rings. The predicted molar refractivity (Wildman–Crippen MR) is 99.7 cm³/mol. The molecule has 25 heavy (non-hydrogen) atoms. The van der Waals surface area contributed by atoms with Gasteiger partial charge in [-0.3, -0.25) is 4.79 Å². The summed E-state index contributed by atoms with van der Waals surface area (Å²) in [5.41, 5.74) is 2.41. The summed E-state index contributed by atoms with van der Waals surface area (Å²) in [7, 11) is 5.49. The smallest absolute Gasteiger partial charge is 0.267 e. The van der Waals surface area contributed by atoms with Gasteiger partial charge in [0.15, 0.2) is 0 Å². The third kappa shape index (κ3) is 5.01.